The van der Waals surface area contributed by atoms with Gasteiger partial charge in [0.1, 0.15) is 36.6 Å². The maximum Gasteiger partial charge on any atom is 0.397 e. The van der Waals surface area contributed by atoms with Gasteiger partial charge < -0.3 is 10.8 Å². The Morgan fingerprint density at radius 3 is 1.72 bits per heavy atom. The molecule has 0 aliphatic heterocycles. The molecule has 0 atom stereocenters. The van der Waals surface area contributed by atoms with E-state index >= 15 is 0 Å². The number of phenols is 1. The molecule has 0 aromatic heterocycles. The van der Waals surface area contributed by atoms with Crippen LogP contribution in [0.5, 0.6) is 5.75 Å². The Balaban J connectivity index is 1.72. The van der Waals surface area contributed by atoms with Gasteiger partial charge in [0.05, 0.1) is 34.0 Å². The van der Waals surface area contributed by atoms with Crippen molar-refractivity contribution in [1.82, 2.24) is 0 Å². The highest BCUT2D eigenvalue weighted by Crippen LogP contribution is 2.48. The van der Waals surface area contributed by atoms with E-state index in [1.54, 1.807) is 0 Å². The molecule has 0 aliphatic carbocycles. The van der Waals surface area contributed by atoms with Crippen molar-refractivity contribution in [3.05, 3.63) is 66.7 Å². The van der Waals surface area contributed by atoms with Crippen molar-refractivity contribution in [2.75, 3.05) is 18.1 Å². The molecule has 8 N–H and O–H groups in total. The first-order chi connectivity index (χ1) is 26.5. The molecule has 30 heteroatoms. The highest BCUT2D eigenvalue weighted by molar-refractivity contribution is 7.91. The van der Waals surface area contributed by atoms with Gasteiger partial charge >= 0.3 is 10.4 Å². The Morgan fingerprint density at radius 2 is 1.16 bits per heavy atom. The molecule has 5 aromatic carbocycles. The fourth-order valence-corrected chi connectivity index (χ4v) is 9.67. The lowest BCUT2D eigenvalue weighted by Crippen LogP contribution is -2.15. The molecule has 0 fully saturated rings. The summed E-state index contributed by atoms with van der Waals surface area (Å²) < 4.78 is 198. The minimum absolute atomic E-state index is 0.327. The fraction of sp³-hybridized carbons (Fsp3) is 0.0714. The first-order valence-electron chi connectivity index (χ1n) is 14.9. The molecule has 0 saturated carbocycles. The second-order valence-corrected chi connectivity index (χ2v) is 20.2. The number of phenolic OH excluding ortho intramolecular Hbond substituents is 1. The second kappa shape index (κ2) is 15.2. The molecule has 58 heavy (non-hydrogen) atoms. The normalized spacial score (nSPS) is 13.6. The summed E-state index contributed by atoms with van der Waals surface area (Å²) in [5, 5.41) is 23.6. The van der Waals surface area contributed by atoms with Crippen molar-refractivity contribution in [2.24, 2.45) is 20.5 Å². The Bertz CT molecular complexity index is 3320. The molecule has 5 aromatic rings. The third-order valence-corrected chi connectivity index (χ3v) is 13.4. The fourth-order valence-electron chi connectivity index (χ4n) is 5.29. The Morgan fingerprint density at radius 1 is 0.586 bits per heavy atom. The van der Waals surface area contributed by atoms with Crippen molar-refractivity contribution in [2.45, 2.75) is 24.5 Å². The van der Waals surface area contributed by atoms with E-state index in [2.05, 4.69) is 24.6 Å². The van der Waals surface area contributed by atoms with Crippen LogP contribution < -0.4 is 5.73 Å². The van der Waals surface area contributed by atoms with Gasteiger partial charge in [0, 0.05) is 10.8 Å². The zero-order chi connectivity index (χ0) is 43.4. The molecule has 0 unspecified atom stereocenters. The summed E-state index contributed by atoms with van der Waals surface area (Å²) >= 11 is 0. The standard InChI is InChI=1S/C28H23N5O19S6/c29-24-23-14(11-21(55(40,41)42)25(24)32-30-15-3-1-4-16(13-15)53(35,36)10-9-52-58(49,50)51)12-22(56(43,44)45)26(27(23)34)33-31-19-8-7-17-18(28(19)57(46,47)48)5-2-6-20(17)54(37,38)39/h1-8,11-13,34H,9-10,29H2,(H,37,38,39)(H,40,41,42)(H,43,44,45)(H,46,47,48)(H,49,50,51). The molecular formula is C28H23N5O19S6. The van der Waals surface area contributed by atoms with Crippen LogP contribution in [0.1, 0.15) is 0 Å². The molecule has 0 amide bonds. The van der Waals surface area contributed by atoms with Crippen LogP contribution in [-0.2, 0) is 64.9 Å². The Hall–Kier alpha value is -5.12. The van der Waals surface area contributed by atoms with E-state index in [0.29, 0.717) is 12.1 Å². The minimum atomic E-state index is -5.46. The second-order valence-electron chi connectivity index (χ2n) is 11.4. The Kier molecular flexibility index (Phi) is 11.6. The predicted molar refractivity (Wildman–Crippen MR) is 198 cm³/mol. The van der Waals surface area contributed by atoms with Gasteiger partial charge in [-0.25, -0.2) is 12.6 Å². The lowest BCUT2D eigenvalue weighted by molar-refractivity contribution is 0.284. The van der Waals surface area contributed by atoms with Crippen molar-refractivity contribution in [1.29, 1.82) is 0 Å². The van der Waals surface area contributed by atoms with Crippen LogP contribution in [0.2, 0.25) is 0 Å². The topological polar surface area (TPSA) is 411 Å². The van der Waals surface area contributed by atoms with Crippen LogP contribution in [0.25, 0.3) is 21.5 Å². The van der Waals surface area contributed by atoms with Gasteiger partial charge in [0.2, 0.25) is 0 Å². The number of azo groups is 2. The van der Waals surface area contributed by atoms with Crippen LogP contribution in [0, 0.1) is 0 Å². The van der Waals surface area contributed by atoms with Crippen molar-refractivity contribution in [3.63, 3.8) is 0 Å². The van der Waals surface area contributed by atoms with E-state index in [1.807, 2.05) is 0 Å². The highest BCUT2D eigenvalue weighted by Gasteiger charge is 2.29. The van der Waals surface area contributed by atoms with Crippen molar-refractivity contribution in [3.8, 4) is 5.75 Å². The summed E-state index contributed by atoms with van der Waals surface area (Å²) in [6, 6.07) is 9.85. The number of sulfone groups is 1. The number of aromatic hydroxyl groups is 1. The molecule has 0 aliphatic rings. The monoisotopic (exact) mass is 925 g/mol. The molecule has 24 nitrogen and oxygen atoms in total. The average Bonchev–Trinajstić information content (AvgIpc) is 3.07. The maximum absolute atomic E-state index is 12.7. The van der Waals surface area contributed by atoms with Crippen LogP contribution in [0.15, 0.2) is 112 Å². The molecule has 0 spiro atoms. The quantitative estimate of drug-likeness (QED) is 0.0503. The molecular weight excluding hydrogens is 903 g/mol. The minimum Gasteiger partial charge on any atom is -0.505 e. The molecule has 310 valence electrons. The largest absolute Gasteiger partial charge is 0.505 e. The van der Waals surface area contributed by atoms with Gasteiger partial charge in [0.15, 0.2) is 15.6 Å². The smallest absolute Gasteiger partial charge is 0.397 e. The first kappa shape index (κ1) is 44.0. The van der Waals surface area contributed by atoms with Crippen molar-refractivity contribution >= 4 is 111 Å². The van der Waals surface area contributed by atoms with Gasteiger partial charge in [-0.3, -0.25) is 22.8 Å². The Labute approximate surface area is 327 Å². The van der Waals surface area contributed by atoms with Crippen LogP contribution in [0.4, 0.5) is 28.4 Å². The lowest BCUT2D eigenvalue weighted by Gasteiger charge is -2.14. The SMILES string of the molecule is Nc1c(N=Nc2cccc(S(=O)(=O)CCOS(=O)(=O)O)c2)c(S(=O)(=O)O)cc2cc(S(=O)(=O)O)c(N=Nc3ccc4c(S(=O)(=O)O)cccc4c3S(=O)(=O)O)c(O)c12. The third-order valence-electron chi connectivity index (χ3n) is 7.64. The summed E-state index contributed by atoms with van der Waals surface area (Å²) in [6.45, 7) is -0.982. The highest BCUT2D eigenvalue weighted by atomic mass is 32.3. The summed E-state index contributed by atoms with van der Waals surface area (Å²) in [5.74, 6) is -2.25. The van der Waals surface area contributed by atoms with Gasteiger partial charge in [-0.15, -0.1) is 15.3 Å². The van der Waals surface area contributed by atoms with Crippen LogP contribution >= 0.6 is 0 Å². The number of nitrogens with zero attached hydrogens (tertiary/aromatic N) is 4. The average molecular weight is 926 g/mol. The van der Waals surface area contributed by atoms with Crippen LogP contribution in [-0.4, -0.2) is 90.7 Å². The number of hydrogen-bond acceptors (Lipinski definition) is 19. The molecule has 0 saturated heterocycles. The van der Waals surface area contributed by atoms with E-state index < -0.39 is 148 Å². The molecule has 5 rings (SSSR count). The zero-order valence-corrected chi connectivity index (χ0v) is 33.0. The number of nitrogen functional groups attached to an aromatic ring is 1. The third kappa shape index (κ3) is 9.43. The predicted octanol–water partition coefficient (Wildman–Crippen LogP) is 3.69. The molecule has 0 radical (unpaired) electrons. The first-order valence-corrected chi connectivity index (χ1v) is 23.6. The van der Waals surface area contributed by atoms with E-state index in [0.717, 1.165) is 54.6 Å². The number of rotatable bonds is 13. The molecule has 0 bridgehead atoms. The summed E-state index contributed by atoms with van der Waals surface area (Å²) in [6.07, 6.45) is 0. The summed E-state index contributed by atoms with van der Waals surface area (Å²) in [5.41, 5.74) is 2.01. The van der Waals surface area contributed by atoms with E-state index in [4.69, 9.17) is 10.3 Å². The number of fused-ring (bicyclic) bond motifs is 2. The number of anilines is 1. The zero-order valence-electron chi connectivity index (χ0n) is 28.1. The maximum atomic E-state index is 12.7. The van der Waals surface area contributed by atoms with Gasteiger partial charge in [-0.1, -0.05) is 24.3 Å². The summed E-state index contributed by atoms with van der Waals surface area (Å²) in [4.78, 5) is -4.86. The van der Waals surface area contributed by atoms with Gasteiger partial charge in [-0.2, -0.15) is 47.2 Å². The van der Waals surface area contributed by atoms with E-state index in [-0.39, 0.29) is 5.69 Å². The van der Waals surface area contributed by atoms with E-state index in [9.17, 15) is 73.8 Å². The number of nitrogens with two attached hydrogens (primary N) is 1. The lowest BCUT2D eigenvalue weighted by atomic mass is 10.1. The number of hydrogen-bond donors (Lipinski definition) is 7. The molecule has 0 heterocycles. The van der Waals surface area contributed by atoms with E-state index in [1.165, 1.54) is 0 Å². The van der Waals surface area contributed by atoms with Crippen LogP contribution in [0.3, 0.4) is 0 Å². The number of benzene rings is 5. The van der Waals surface area contributed by atoms with Gasteiger partial charge in [-0.05, 0) is 47.9 Å². The summed E-state index contributed by atoms with van der Waals surface area (Å²) in [7, 11) is -30.4. The van der Waals surface area contributed by atoms with Crippen molar-refractivity contribution < 1.29 is 82.6 Å². The van der Waals surface area contributed by atoms with Gasteiger partial charge in [0.25, 0.3) is 40.5 Å².